The Kier molecular flexibility index (Phi) is 5.54. The van der Waals surface area contributed by atoms with E-state index in [2.05, 4.69) is 36.0 Å². The molecular formula is C15H25NOS. The van der Waals surface area contributed by atoms with E-state index in [9.17, 15) is 4.79 Å². The lowest BCUT2D eigenvalue weighted by Crippen LogP contribution is -2.43. The molecule has 0 amide bonds. The lowest BCUT2D eigenvalue weighted by atomic mass is 9.83. The molecule has 0 fully saturated rings. The zero-order valence-corrected chi connectivity index (χ0v) is 12.9. The number of hydrogen-bond acceptors (Lipinski definition) is 3. The lowest BCUT2D eigenvalue weighted by molar-refractivity contribution is -0.128. The van der Waals surface area contributed by atoms with Crippen molar-refractivity contribution in [3.63, 3.8) is 0 Å². The van der Waals surface area contributed by atoms with Gasteiger partial charge in [-0.3, -0.25) is 4.79 Å². The molecule has 1 aromatic rings. The smallest absolute Gasteiger partial charge is 0.155 e. The molecule has 0 aliphatic heterocycles. The first-order valence-corrected chi connectivity index (χ1v) is 7.53. The average molecular weight is 267 g/mol. The lowest BCUT2D eigenvalue weighted by Gasteiger charge is -2.26. The van der Waals surface area contributed by atoms with Crippen LogP contribution in [0.25, 0.3) is 0 Å². The number of carbonyl (C=O) groups excluding carboxylic acids is 1. The first-order valence-electron chi connectivity index (χ1n) is 6.59. The average Bonchev–Trinajstić information content (AvgIpc) is 2.74. The van der Waals surface area contributed by atoms with Crippen molar-refractivity contribution < 1.29 is 4.79 Å². The molecule has 1 atom stereocenters. The molecular weight excluding hydrogens is 242 g/mol. The Balaban J connectivity index is 2.63. The molecule has 0 radical (unpaired) electrons. The molecule has 0 aromatic carbocycles. The fraction of sp³-hybridized carbons (Fsp3) is 0.667. The van der Waals surface area contributed by atoms with Gasteiger partial charge in [0.2, 0.25) is 0 Å². The summed E-state index contributed by atoms with van der Waals surface area (Å²) in [5.74, 6) is 0.836. The van der Waals surface area contributed by atoms with Crippen molar-refractivity contribution in [2.45, 2.75) is 53.6 Å². The van der Waals surface area contributed by atoms with Crippen molar-refractivity contribution in [3.8, 4) is 0 Å². The molecule has 1 heterocycles. The van der Waals surface area contributed by atoms with Gasteiger partial charge in [-0.15, -0.1) is 0 Å². The van der Waals surface area contributed by atoms with Gasteiger partial charge in [0.05, 0.1) is 6.04 Å². The van der Waals surface area contributed by atoms with E-state index < -0.39 is 0 Å². The first kappa shape index (κ1) is 15.4. The minimum atomic E-state index is -0.277. The summed E-state index contributed by atoms with van der Waals surface area (Å²) < 4.78 is 0. The number of ketones is 1. The minimum Gasteiger partial charge on any atom is -0.303 e. The fourth-order valence-corrected chi connectivity index (χ4v) is 2.58. The van der Waals surface area contributed by atoms with Gasteiger partial charge in [-0.25, -0.2) is 0 Å². The summed E-state index contributed by atoms with van der Waals surface area (Å²) in [6, 6.07) is 2.07. The van der Waals surface area contributed by atoms with Gasteiger partial charge in [-0.05, 0) is 34.7 Å². The maximum atomic E-state index is 12.4. The molecule has 1 rings (SSSR count). The van der Waals surface area contributed by atoms with Crippen LogP contribution in [0.1, 0.15) is 46.6 Å². The van der Waals surface area contributed by atoms with Gasteiger partial charge in [-0.2, -0.15) is 11.3 Å². The molecule has 0 bridgehead atoms. The molecule has 102 valence electrons. The van der Waals surface area contributed by atoms with E-state index in [1.54, 1.807) is 11.3 Å². The van der Waals surface area contributed by atoms with Crippen LogP contribution < -0.4 is 5.32 Å². The van der Waals surface area contributed by atoms with Crippen LogP contribution in [0.3, 0.4) is 0 Å². The van der Waals surface area contributed by atoms with E-state index in [0.717, 1.165) is 13.0 Å². The first-order chi connectivity index (χ1) is 8.30. The predicted molar refractivity (Wildman–Crippen MR) is 78.9 cm³/mol. The van der Waals surface area contributed by atoms with E-state index >= 15 is 0 Å². The molecule has 1 N–H and O–H groups in total. The summed E-state index contributed by atoms with van der Waals surface area (Å²) >= 11 is 1.69. The third kappa shape index (κ3) is 4.91. The summed E-state index contributed by atoms with van der Waals surface area (Å²) in [5.41, 5.74) is 0.983. The molecule has 1 aromatic heterocycles. The number of carbonyl (C=O) groups is 1. The highest BCUT2D eigenvalue weighted by molar-refractivity contribution is 7.07. The number of rotatable bonds is 6. The van der Waals surface area contributed by atoms with Crippen LogP contribution in [0.4, 0.5) is 0 Å². The van der Waals surface area contributed by atoms with Crippen molar-refractivity contribution in [3.05, 3.63) is 22.4 Å². The second kappa shape index (κ2) is 6.48. The number of hydrogen-bond donors (Lipinski definition) is 1. The highest BCUT2D eigenvalue weighted by Gasteiger charge is 2.29. The second-order valence-corrected chi connectivity index (χ2v) is 7.09. The number of thiophene rings is 1. The van der Waals surface area contributed by atoms with E-state index in [1.165, 1.54) is 5.56 Å². The van der Waals surface area contributed by atoms with Gasteiger partial charge >= 0.3 is 0 Å². The zero-order chi connectivity index (χ0) is 13.8. The van der Waals surface area contributed by atoms with Crippen LogP contribution >= 0.6 is 11.3 Å². The van der Waals surface area contributed by atoms with Crippen LogP contribution in [-0.2, 0) is 11.3 Å². The Morgan fingerprint density at radius 1 is 1.39 bits per heavy atom. The van der Waals surface area contributed by atoms with Crippen molar-refractivity contribution >= 4 is 17.1 Å². The molecule has 3 heteroatoms. The van der Waals surface area contributed by atoms with Gasteiger partial charge in [-0.1, -0.05) is 34.6 Å². The van der Waals surface area contributed by atoms with Crippen molar-refractivity contribution in [2.24, 2.45) is 11.3 Å². The van der Waals surface area contributed by atoms with Crippen LogP contribution in [0, 0.1) is 11.3 Å². The molecule has 0 saturated carbocycles. The largest absolute Gasteiger partial charge is 0.303 e. The van der Waals surface area contributed by atoms with E-state index in [4.69, 9.17) is 0 Å². The molecule has 0 aliphatic rings. The van der Waals surface area contributed by atoms with E-state index in [-0.39, 0.29) is 11.5 Å². The minimum absolute atomic E-state index is 0.0371. The Hall–Kier alpha value is -0.670. The topological polar surface area (TPSA) is 29.1 Å². The Morgan fingerprint density at radius 3 is 2.50 bits per heavy atom. The Labute approximate surface area is 115 Å². The third-order valence-electron chi connectivity index (χ3n) is 2.90. The fourth-order valence-electron chi connectivity index (χ4n) is 1.91. The molecule has 0 unspecified atom stereocenters. The van der Waals surface area contributed by atoms with E-state index in [0.29, 0.717) is 11.7 Å². The zero-order valence-electron chi connectivity index (χ0n) is 12.1. The molecule has 0 spiro atoms. The summed E-state index contributed by atoms with van der Waals surface area (Å²) in [6.45, 7) is 11.1. The van der Waals surface area contributed by atoms with Gasteiger partial charge in [0, 0.05) is 12.0 Å². The van der Waals surface area contributed by atoms with Crippen LogP contribution in [0.5, 0.6) is 0 Å². The van der Waals surface area contributed by atoms with Crippen molar-refractivity contribution in [2.75, 3.05) is 0 Å². The summed E-state index contributed by atoms with van der Waals surface area (Å²) in [4.78, 5) is 12.4. The summed E-state index contributed by atoms with van der Waals surface area (Å²) in [7, 11) is 0. The van der Waals surface area contributed by atoms with Gasteiger partial charge in [0.25, 0.3) is 0 Å². The Morgan fingerprint density at radius 2 is 2.06 bits per heavy atom. The SMILES string of the molecule is CC(C)C[C@@H](NCc1ccsc1)C(=O)C(C)(C)C. The number of nitrogens with one attached hydrogen (secondary N) is 1. The van der Waals surface area contributed by atoms with Crippen LogP contribution in [0.15, 0.2) is 16.8 Å². The van der Waals surface area contributed by atoms with Crippen molar-refractivity contribution in [1.82, 2.24) is 5.32 Å². The second-order valence-electron chi connectivity index (χ2n) is 6.31. The standard InChI is InChI=1S/C15H25NOS/c1-11(2)8-13(14(17)15(3,4)5)16-9-12-6-7-18-10-12/h6-7,10-11,13,16H,8-9H2,1-5H3/t13-/m1/s1. The highest BCUT2D eigenvalue weighted by atomic mass is 32.1. The maximum Gasteiger partial charge on any atom is 0.155 e. The quantitative estimate of drug-likeness (QED) is 0.848. The molecule has 18 heavy (non-hydrogen) atoms. The predicted octanol–water partition coefficient (Wildman–Crippen LogP) is 3.87. The van der Waals surface area contributed by atoms with Gasteiger partial charge in [0.1, 0.15) is 0 Å². The Bertz CT molecular complexity index is 362. The van der Waals surface area contributed by atoms with Gasteiger partial charge in [0.15, 0.2) is 5.78 Å². The van der Waals surface area contributed by atoms with E-state index in [1.807, 2.05) is 20.8 Å². The van der Waals surface area contributed by atoms with Gasteiger partial charge < -0.3 is 5.32 Å². The molecule has 2 nitrogen and oxygen atoms in total. The highest BCUT2D eigenvalue weighted by Crippen LogP contribution is 2.20. The summed E-state index contributed by atoms with van der Waals surface area (Å²) in [5, 5.41) is 7.61. The maximum absolute atomic E-state index is 12.4. The monoisotopic (exact) mass is 267 g/mol. The molecule has 0 saturated heterocycles. The van der Waals surface area contributed by atoms with Crippen LogP contribution in [-0.4, -0.2) is 11.8 Å². The third-order valence-corrected chi connectivity index (χ3v) is 3.63. The van der Waals surface area contributed by atoms with Crippen molar-refractivity contribution in [1.29, 1.82) is 0 Å². The number of Topliss-reactive ketones (excluding diaryl/α,β-unsaturated/α-hetero) is 1. The van der Waals surface area contributed by atoms with Crippen LogP contribution in [0.2, 0.25) is 0 Å². The summed E-state index contributed by atoms with van der Waals surface area (Å²) in [6.07, 6.45) is 0.903. The normalized spacial score (nSPS) is 13.9. The molecule has 0 aliphatic carbocycles.